The van der Waals surface area contributed by atoms with Crippen LogP contribution in [0.5, 0.6) is 0 Å². The van der Waals surface area contributed by atoms with E-state index in [0.29, 0.717) is 32.7 Å². The summed E-state index contributed by atoms with van der Waals surface area (Å²) in [7, 11) is 0. The average molecular weight is 633 g/mol. The molecule has 1 aromatic carbocycles. The molecule has 4 aliphatic rings. The Balaban J connectivity index is 0.903. The molecule has 0 bridgehead atoms. The monoisotopic (exact) mass is 632 g/mol. The zero-order valence-corrected chi connectivity index (χ0v) is 26.5. The molecule has 1 aliphatic carbocycles. The summed E-state index contributed by atoms with van der Waals surface area (Å²) in [6.07, 6.45) is 16.3. The van der Waals surface area contributed by atoms with E-state index in [1.54, 1.807) is 12.4 Å². The fourth-order valence-corrected chi connectivity index (χ4v) is 6.63. The van der Waals surface area contributed by atoms with Crippen molar-refractivity contribution in [3.05, 3.63) is 90.6 Å². The van der Waals surface area contributed by atoms with E-state index in [0.717, 1.165) is 71.0 Å². The summed E-state index contributed by atoms with van der Waals surface area (Å²) in [4.78, 5) is 41.5. The van der Waals surface area contributed by atoms with Gasteiger partial charge in [-0.05, 0) is 74.5 Å². The second kappa shape index (κ2) is 13.0. The van der Waals surface area contributed by atoms with Gasteiger partial charge in [0.15, 0.2) is 0 Å². The van der Waals surface area contributed by atoms with Crippen molar-refractivity contribution in [1.82, 2.24) is 35.2 Å². The quantitative estimate of drug-likeness (QED) is 0.311. The molecule has 7 rings (SSSR count). The first kappa shape index (κ1) is 30.6. The number of amides is 2. The third-order valence-electron chi connectivity index (χ3n) is 9.11. The number of H-pyrrole nitrogens is 1. The Labute approximate surface area is 273 Å². The van der Waals surface area contributed by atoms with Crippen molar-refractivity contribution < 1.29 is 9.59 Å². The fourth-order valence-electron chi connectivity index (χ4n) is 6.63. The molecule has 0 radical (unpaired) electrons. The van der Waals surface area contributed by atoms with E-state index < -0.39 is 5.54 Å². The number of aromatic nitrogens is 3. The highest BCUT2D eigenvalue weighted by Crippen LogP contribution is 2.29. The number of nitrogens with two attached hydrogens (primary N) is 1. The fraction of sp³-hybridized carbons (Fsp3) is 0.343. The topological polar surface area (TPSA) is 148 Å². The highest BCUT2D eigenvalue weighted by atomic mass is 16.2. The van der Waals surface area contributed by atoms with Crippen LogP contribution in [-0.2, 0) is 9.59 Å². The maximum absolute atomic E-state index is 13.3. The molecule has 0 saturated carbocycles. The Hall–Kier alpha value is -5.07. The number of hydrogen-bond acceptors (Lipinski definition) is 9. The van der Waals surface area contributed by atoms with E-state index in [-0.39, 0.29) is 17.7 Å². The van der Waals surface area contributed by atoms with Crippen LogP contribution >= 0.6 is 0 Å². The molecule has 2 saturated heterocycles. The summed E-state index contributed by atoms with van der Waals surface area (Å²) in [5, 5.41) is 14.8. The lowest BCUT2D eigenvalue weighted by Crippen LogP contribution is -2.50. The van der Waals surface area contributed by atoms with Crippen LogP contribution in [-0.4, -0.2) is 105 Å². The van der Waals surface area contributed by atoms with Gasteiger partial charge < -0.3 is 26.2 Å². The van der Waals surface area contributed by atoms with Crippen molar-refractivity contribution in [3.63, 3.8) is 0 Å². The lowest BCUT2D eigenvalue weighted by molar-refractivity contribution is -0.134. The van der Waals surface area contributed by atoms with E-state index >= 15 is 0 Å². The van der Waals surface area contributed by atoms with Gasteiger partial charge in [0.1, 0.15) is 11.5 Å². The van der Waals surface area contributed by atoms with Gasteiger partial charge in [-0.25, -0.2) is 0 Å². The molecule has 12 heteroatoms. The second-order valence-electron chi connectivity index (χ2n) is 12.8. The minimum atomic E-state index is -0.639. The van der Waals surface area contributed by atoms with Gasteiger partial charge in [-0.3, -0.25) is 29.6 Å². The predicted molar refractivity (Wildman–Crippen MR) is 183 cm³/mol. The standard InChI is InChI=1S/C35H40N10O2/c1-35(36)20-25(33-38-10-2-11-39-33)3-5-28(21-35)44-15-17-45(18-16-44)31(46)23-43-14-9-26(22-43)34(47)40-27-4-6-30-29(19-27)32(42-41-30)24-7-12-37-13-8-24/h2-8,10,12-13,19-21,26H,9,11,14-18,22-23,36H2,1H3,(H,38,39)(H,40,47)(H,41,42)/t26-,35?/m1/s1. The lowest BCUT2D eigenvalue weighted by Gasteiger charge is -2.37. The highest BCUT2D eigenvalue weighted by molar-refractivity contribution is 6.02. The highest BCUT2D eigenvalue weighted by Gasteiger charge is 2.32. The first-order valence-electron chi connectivity index (χ1n) is 16.1. The maximum atomic E-state index is 13.3. The van der Waals surface area contributed by atoms with Gasteiger partial charge in [-0.1, -0.05) is 6.08 Å². The van der Waals surface area contributed by atoms with Crippen LogP contribution in [0.3, 0.4) is 0 Å². The van der Waals surface area contributed by atoms with E-state index in [1.807, 2.05) is 60.5 Å². The number of aromatic amines is 1. The third kappa shape index (κ3) is 6.88. The summed E-state index contributed by atoms with van der Waals surface area (Å²) in [5.41, 5.74) is 11.4. The molecule has 47 heavy (non-hydrogen) atoms. The smallest absolute Gasteiger partial charge is 0.236 e. The number of carbonyl (C=O) groups is 2. The number of likely N-dealkylation sites (tertiary alicyclic amines) is 1. The van der Waals surface area contributed by atoms with E-state index in [4.69, 9.17) is 5.73 Å². The number of benzene rings is 1. The van der Waals surface area contributed by atoms with Crippen LogP contribution in [0.25, 0.3) is 22.2 Å². The van der Waals surface area contributed by atoms with Crippen LogP contribution in [0.1, 0.15) is 13.3 Å². The van der Waals surface area contributed by atoms with Crippen molar-refractivity contribution in [2.24, 2.45) is 16.6 Å². The summed E-state index contributed by atoms with van der Waals surface area (Å²) in [5.74, 6) is 0.716. The molecule has 3 aliphatic heterocycles. The molecule has 12 nitrogen and oxygen atoms in total. The third-order valence-corrected chi connectivity index (χ3v) is 9.11. The van der Waals surface area contributed by atoms with Gasteiger partial charge in [0.05, 0.1) is 30.1 Å². The molecule has 1 unspecified atom stereocenters. The molecule has 5 heterocycles. The van der Waals surface area contributed by atoms with Crippen molar-refractivity contribution in [3.8, 4) is 11.3 Å². The minimum Gasteiger partial charge on any atom is -0.368 e. The van der Waals surface area contributed by atoms with Crippen LogP contribution in [0.4, 0.5) is 5.69 Å². The Morgan fingerprint density at radius 2 is 1.89 bits per heavy atom. The Bertz CT molecular complexity index is 1810. The number of pyridine rings is 1. The lowest BCUT2D eigenvalue weighted by atomic mass is 9.99. The molecule has 2 atom stereocenters. The Morgan fingerprint density at radius 1 is 1.06 bits per heavy atom. The number of nitrogens with zero attached hydrogens (tertiary/aromatic N) is 6. The first-order valence-corrected chi connectivity index (χ1v) is 16.1. The average Bonchev–Trinajstić information content (AvgIpc) is 3.70. The number of aliphatic imine (C=N–C) groups is 1. The van der Waals surface area contributed by atoms with E-state index in [9.17, 15) is 9.59 Å². The predicted octanol–water partition coefficient (Wildman–Crippen LogP) is 2.64. The molecule has 3 aromatic rings. The number of fused-ring (bicyclic) bond motifs is 1. The van der Waals surface area contributed by atoms with Crippen LogP contribution < -0.4 is 16.4 Å². The number of hydrogen-bond donors (Lipinski definition) is 4. The molecule has 0 spiro atoms. The summed E-state index contributed by atoms with van der Waals surface area (Å²) >= 11 is 0. The molecule has 242 valence electrons. The number of nitrogens with one attached hydrogen (secondary N) is 3. The van der Waals surface area contributed by atoms with Gasteiger partial charge in [-0.15, -0.1) is 0 Å². The van der Waals surface area contributed by atoms with Crippen molar-refractivity contribution in [2.75, 3.05) is 57.7 Å². The zero-order chi connectivity index (χ0) is 32.4. The number of piperazine rings is 1. The van der Waals surface area contributed by atoms with Crippen molar-refractivity contribution in [2.45, 2.75) is 18.9 Å². The van der Waals surface area contributed by atoms with Crippen molar-refractivity contribution in [1.29, 1.82) is 0 Å². The summed E-state index contributed by atoms with van der Waals surface area (Å²) in [6.45, 7) is 6.96. The normalized spacial score (nSPS) is 23.2. The van der Waals surface area contributed by atoms with Crippen LogP contribution in [0, 0.1) is 5.92 Å². The molecular formula is C35H40N10O2. The molecular weight excluding hydrogens is 592 g/mol. The van der Waals surface area contributed by atoms with Crippen molar-refractivity contribution >= 4 is 34.2 Å². The zero-order valence-electron chi connectivity index (χ0n) is 26.5. The van der Waals surface area contributed by atoms with Gasteiger partial charge in [-0.2, -0.15) is 5.10 Å². The Kier molecular flexibility index (Phi) is 8.44. The molecule has 2 aromatic heterocycles. The van der Waals surface area contributed by atoms with Gasteiger partial charge in [0.2, 0.25) is 11.8 Å². The summed E-state index contributed by atoms with van der Waals surface area (Å²) < 4.78 is 0. The maximum Gasteiger partial charge on any atom is 0.236 e. The van der Waals surface area contributed by atoms with Gasteiger partial charge in [0, 0.05) is 79.2 Å². The number of carbonyl (C=O) groups excluding carboxylic acids is 2. The van der Waals surface area contributed by atoms with E-state index in [2.05, 4.69) is 58.8 Å². The van der Waals surface area contributed by atoms with Crippen LogP contribution in [0.2, 0.25) is 0 Å². The number of anilines is 1. The summed E-state index contributed by atoms with van der Waals surface area (Å²) in [6, 6.07) is 9.59. The molecule has 5 N–H and O–H groups in total. The largest absolute Gasteiger partial charge is 0.368 e. The van der Waals surface area contributed by atoms with Crippen LogP contribution in [0.15, 0.2) is 95.6 Å². The number of rotatable bonds is 7. The SMILES string of the molecule is CC1(N)C=C(C2=NCC=CN2)C=CC(N2CCN(C(=O)CN3CC[C@@H](C(=O)Nc4ccc5[nH]nc(-c6ccncc6)c5c4)C3)CC2)=C1. The second-order valence-corrected chi connectivity index (χ2v) is 12.8. The molecule has 2 fully saturated rings. The van der Waals surface area contributed by atoms with E-state index in [1.165, 1.54) is 0 Å². The minimum absolute atomic E-state index is 0.0287. The molecule has 2 amide bonds. The van der Waals surface area contributed by atoms with Gasteiger partial charge in [0.25, 0.3) is 0 Å². The van der Waals surface area contributed by atoms with Gasteiger partial charge >= 0.3 is 0 Å². The number of allylic oxidation sites excluding steroid dienone is 1. The number of amidine groups is 1. The Morgan fingerprint density at radius 3 is 2.68 bits per heavy atom. The first-order chi connectivity index (χ1) is 22.8.